The molecule has 1 aliphatic carbocycles. The summed E-state index contributed by atoms with van der Waals surface area (Å²) in [5.74, 6) is -1.78. The quantitative estimate of drug-likeness (QED) is 0.722. The maximum atomic E-state index is 12.4. The number of aliphatic carboxylic acids is 1. The summed E-state index contributed by atoms with van der Waals surface area (Å²) in [4.78, 5) is 25.7. The number of hydrogen-bond acceptors (Lipinski definition) is 3. The molecule has 0 spiro atoms. The summed E-state index contributed by atoms with van der Waals surface area (Å²) in [6.45, 7) is 4.87. The number of amides is 1. The number of carbonyl (C=O) groups is 2. The molecule has 0 aromatic rings. The van der Waals surface area contributed by atoms with Crippen molar-refractivity contribution < 1.29 is 14.7 Å². The van der Waals surface area contributed by atoms with Crippen LogP contribution in [-0.4, -0.2) is 48.6 Å². The Morgan fingerprint density at radius 1 is 1.25 bits per heavy atom. The molecule has 5 heteroatoms. The van der Waals surface area contributed by atoms with Crippen LogP contribution in [-0.2, 0) is 9.59 Å². The predicted octanol–water partition coefficient (Wildman–Crippen LogP) is 1.36. The van der Waals surface area contributed by atoms with Gasteiger partial charge in [-0.1, -0.05) is 26.0 Å². The van der Waals surface area contributed by atoms with E-state index in [1.807, 2.05) is 31.1 Å². The first kappa shape index (κ1) is 16.7. The zero-order valence-electron chi connectivity index (χ0n) is 12.8. The van der Waals surface area contributed by atoms with E-state index in [0.717, 1.165) is 6.54 Å². The molecule has 114 valence electrons. The van der Waals surface area contributed by atoms with Gasteiger partial charge in [-0.15, -0.1) is 0 Å². The van der Waals surface area contributed by atoms with E-state index in [-0.39, 0.29) is 11.9 Å². The smallest absolute Gasteiger partial charge is 0.307 e. The first-order valence-electron chi connectivity index (χ1n) is 7.15. The predicted molar refractivity (Wildman–Crippen MR) is 78.3 cm³/mol. The van der Waals surface area contributed by atoms with Crippen LogP contribution >= 0.6 is 0 Å². The second kappa shape index (κ2) is 7.43. The van der Waals surface area contributed by atoms with Crippen molar-refractivity contribution >= 4 is 11.9 Å². The van der Waals surface area contributed by atoms with Gasteiger partial charge in [-0.25, -0.2) is 0 Å². The van der Waals surface area contributed by atoms with Gasteiger partial charge in [0, 0.05) is 12.6 Å². The van der Waals surface area contributed by atoms with Crippen molar-refractivity contribution in [3.63, 3.8) is 0 Å². The Morgan fingerprint density at radius 2 is 1.80 bits per heavy atom. The highest BCUT2D eigenvalue weighted by molar-refractivity contribution is 5.85. The third-order valence-corrected chi connectivity index (χ3v) is 3.78. The summed E-state index contributed by atoms with van der Waals surface area (Å²) in [5.41, 5.74) is 0. The van der Waals surface area contributed by atoms with Gasteiger partial charge in [0.25, 0.3) is 0 Å². The molecule has 2 N–H and O–H groups in total. The third-order valence-electron chi connectivity index (χ3n) is 3.78. The largest absolute Gasteiger partial charge is 0.481 e. The van der Waals surface area contributed by atoms with E-state index < -0.39 is 17.8 Å². The Morgan fingerprint density at radius 3 is 2.25 bits per heavy atom. The summed E-state index contributed by atoms with van der Waals surface area (Å²) in [6.07, 6.45) is 4.70. The molecule has 5 nitrogen and oxygen atoms in total. The summed E-state index contributed by atoms with van der Waals surface area (Å²) >= 11 is 0. The van der Waals surface area contributed by atoms with Crippen molar-refractivity contribution in [1.82, 2.24) is 10.2 Å². The van der Waals surface area contributed by atoms with Gasteiger partial charge in [0.1, 0.15) is 0 Å². The Labute approximate surface area is 121 Å². The second-order valence-electron chi connectivity index (χ2n) is 6.12. The van der Waals surface area contributed by atoms with Gasteiger partial charge < -0.3 is 15.3 Å². The summed E-state index contributed by atoms with van der Waals surface area (Å²) in [5, 5.41) is 12.2. The minimum absolute atomic E-state index is 0.0397. The van der Waals surface area contributed by atoms with E-state index in [0.29, 0.717) is 18.8 Å². The number of nitrogens with one attached hydrogen (secondary N) is 1. The molecule has 0 saturated heterocycles. The fraction of sp³-hybridized carbons (Fsp3) is 0.733. The number of rotatable bonds is 6. The minimum Gasteiger partial charge on any atom is -0.481 e. The van der Waals surface area contributed by atoms with Crippen LogP contribution < -0.4 is 5.32 Å². The average Bonchev–Trinajstić information content (AvgIpc) is 2.37. The fourth-order valence-electron chi connectivity index (χ4n) is 2.48. The zero-order valence-corrected chi connectivity index (χ0v) is 12.8. The first-order valence-corrected chi connectivity index (χ1v) is 7.15. The van der Waals surface area contributed by atoms with Gasteiger partial charge in [-0.2, -0.15) is 0 Å². The van der Waals surface area contributed by atoms with Crippen LogP contribution in [0.1, 0.15) is 26.7 Å². The lowest BCUT2D eigenvalue weighted by atomic mass is 9.82. The summed E-state index contributed by atoms with van der Waals surface area (Å²) < 4.78 is 0. The number of carboxylic acid groups (broad SMARTS) is 1. The maximum absolute atomic E-state index is 12.4. The molecule has 3 atom stereocenters. The Hall–Kier alpha value is -1.36. The number of carbonyl (C=O) groups excluding carboxylic acids is 1. The molecule has 0 fully saturated rings. The molecular weight excluding hydrogens is 256 g/mol. The van der Waals surface area contributed by atoms with E-state index in [2.05, 4.69) is 19.2 Å². The fourth-order valence-corrected chi connectivity index (χ4v) is 2.48. The molecule has 0 aromatic heterocycles. The molecule has 0 saturated carbocycles. The Kier molecular flexibility index (Phi) is 6.20. The van der Waals surface area contributed by atoms with Crippen LogP contribution in [0.3, 0.4) is 0 Å². The topological polar surface area (TPSA) is 69.6 Å². The zero-order chi connectivity index (χ0) is 15.3. The molecule has 0 aromatic carbocycles. The molecule has 1 aliphatic rings. The van der Waals surface area contributed by atoms with Gasteiger partial charge in [-0.3, -0.25) is 9.59 Å². The highest BCUT2D eigenvalue weighted by atomic mass is 16.4. The monoisotopic (exact) mass is 282 g/mol. The second-order valence-corrected chi connectivity index (χ2v) is 6.12. The molecule has 0 radical (unpaired) electrons. The molecule has 0 bridgehead atoms. The van der Waals surface area contributed by atoms with Gasteiger partial charge in [-0.05, 0) is 32.9 Å². The van der Waals surface area contributed by atoms with Crippen LogP contribution in [0.25, 0.3) is 0 Å². The molecule has 20 heavy (non-hydrogen) atoms. The normalized spacial score (nSPS) is 23.9. The number of hydrogen-bond donors (Lipinski definition) is 2. The van der Waals surface area contributed by atoms with Crippen LogP contribution in [0.4, 0.5) is 0 Å². The van der Waals surface area contributed by atoms with Crippen LogP contribution in [0, 0.1) is 17.8 Å². The van der Waals surface area contributed by atoms with Crippen molar-refractivity contribution in [2.45, 2.75) is 32.7 Å². The van der Waals surface area contributed by atoms with E-state index in [4.69, 9.17) is 0 Å². The SMILES string of the molecule is CC(C)C(CN(C)C)NC(=O)C1CC=CCC1C(=O)O. The number of nitrogens with zero attached hydrogens (tertiary/aromatic N) is 1. The maximum Gasteiger partial charge on any atom is 0.307 e. The first-order chi connectivity index (χ1) is 9.32. The van der Waals surface area contributed by atoms with Crippen molar-refractivity contribution in [2.75, 3.05) is 20.6 Å². The lowest BCUT2D eigenvalue weighted by Gasteiger charge is -2.30. The van der Waals surface area contributed by atoms with E-state index >= 15 is 0 Å². The number of allylic oxidation sites excluding steroid dienone is 2. The van der Waals surface area contributed by atoms with Crippen molar-refractivity contribution in [3.05, 3.63) is 12.2 Å². The highest BCUT2D eigenvalue weighted by Gasteiger charge is 2.35. The Balaban J connectivity index is 2.72. The molecule has 3 unspecified atom stereocenters. The number of likely N-dealkylation sites (N-methyl/N-ethyl adjacent to an activating group) is 1. The average molecular weight is 282 g/mol. The van der Waals surface area contributed by atoms with Crippen molar-refractivity contribution in [3.8, 4) is 0 Å². The molecule has 0 aliphatic heterocycles. The van der Waals surface area contributed by atoms with Gasteiger partial charge in [0.2, 0.25) is 5.91 Å². The van der Waals surface area contributed by atoms with E-state index in [9.17, 15) is 14.7 Å². The summed E-state index contributed by atoms with van der Waals surface area (Å²) in [7, 11) is 3.93. The third kappa shape index (κ3) is 4.63. The van der Waals surface area contributed by atoms with Crippen molar-refractivity contribution in [2.24, 2.45) is 17.8 Å². The minimum atomic E-state index is -0.886. The van der Waals surface area contributed by atoms with Gasteiger partial charge in [0.05, 0.1) is 11.8 Å². The van der Waals surface area contributed by atoms with E-state index in [1.165, 1.54) is 0 Å². The van der Waals surface area contributed by atoms with Crippen LogP contribution in [0.5, 0.6) is 0 Å². The van der Waals surface area contributed by atoms with Crippen molar-refractivity contribution in [1.29, 1.82) is 0 Å². The molecule has 0 heterocycles. The standard InChI is InChI=1S/C15H26N2O3/c1-10(2)13(9-17(3)4)16-14(18)11-7-5-6-8-12(11)15(19)20/h5-6,10-13H,7-9H2,1-4H3,(H,16,18)(H,19,20). The molecule has 1 rings (SSSR count). The van der Waals surface area contributed by atoms with Gasteiger partial charge in [0.15, 0.2) is 0 Å². The Bertz CT molecular complexity index is 377. The highest BCUT2D eigenvalue weighted by Crippen LogP contribution is 2.26. The lowest BCUT2D eigenvalue weighted by molar-refractivity contribution is -0.147. The number of carboxylic acids is 1. The summed E-state index contributed by atoms with van der Waals surface area (Å²) in [6, 6.07) is 0.0397. The van der Waals surface area contributed by atoms with E-state index in [1.54, 1.807) is 0 Å². The van der Waals surface area contributed by atoms with Gasteiger partial charge >= 0.3 is 5.97 Å². The molecule has 1 amide bonds. The lowest BCUT2D eigenvalue weighted by Crippen LogP contribution is -2.49. The molecular formula is C15H26N2O3. The van der Waals surface area contributed by atoms with Crippen LogP contribution in [0.15, 0.2) is 12.2 Å². The van der Waals surface area contributed by atoms with Crippen LogP contribution in [0.2, 0.25) is 0 Å².